The van der Waals surface area contributed by atoms with Crippen LogP contribution >= 0.6 is 0 Å². The van der Waals surface area contributed by atoms with E-state index in [0.29, 0.717) is 6.04 Å². The third kappa shape index (κ3) is 3.62. The van der Waals surface area contributed by atoms with Gasteiger partial charge in [0.05, 0.1) is 5.52 Å². The lowest BCUT2D eigenvalue weighted by atomic mass is 9.82. The lowest BCUT2D eigenvalue weighted by Gasteiger charge is -2.30. The third-order valence-electron chi connectivity index (χ3n) is 4.77. The zero-order chi connectivity index (χ0) is 14.5. The Labute approximate surface area is 128 Å². The first-order valence-corrected chi connectivity index (χ1v) is 8.45. The fraction of sp³-hybridized carbons (Fsp3) is 0.526. The van der Waals surface area contributed by atoms with Gasteiger partial charge in [0.25, 0.3) is 0 Å². The van der Waals surface area contributed by atoms with Crippen LogP contribution in [0.15, 0.2) is 36.4 Å². The molecule has 1 aliphatic rings. The molecule has 0 amide bonds. The maximum absolute atomic E-state index is 4.85. The first-order valence-electron chi connectivity index (χ1n) is 8.45. The first-order chi connectivity index (χ1) is 10.4. The van der Waals surface area contributed by atoms with E-state index in [1.165, 1.54) is 43.2 Å². The zero-order valence-electron chi connectivity index (χ0n) is 13.0. The largest absolute Gasteiger partial charge is 0.314 e. The van der Waals surface area contributed by atoms with E-state index in [9.17, 15) is 0 Å². The van der Waals surface area contributed by atoms with E-state index in [1.54, 1.807) is 0 Å². The monoisotopic (exact) mass is 282 g/mol. The van der Waals surface area contributed by atoms with Crippen molar-refractivity contribution in [3.8, 4) is 0 Å². The van der Waals surface area contributed by atoms with E-state index in [4.69, 9.17) is 4.98 Å². The molecule has 2 heteroatoms. The van der Waals surface area contributed by atoms with Crippen molar-refractivity contribution >= 4 is 10.9 Å². The lowest BCUT2D eigenvalue weighted by Crippen LogP contribution is -2.39. The van der Waals surface area contributed by atoms with Gasteiger partial charge >= 0.3 is 0 Å². The Morgan fingerprint density at radius 2 is 1.90 bits per heavy atom. The van der Waals surface area contributed by atoms with Crippen molar-refractivity contribution in [2.45, 2.75) is 51.5 Å². The Balaban J connectivity index is 1.76. The highest BCUT2D eigenvalue weighted by atomic mass is 14.9. The number of hydrogen-bond acceptors (Lipinski definition) is 2. The van der Waals surface area contributed by atoms with Crippen molar-refractivity contribution in [2.24, 2.45) is 5.92 Å². The van der Waals surface area contributed by atoms with Crippen LogP contribution < -0.4 is 5.32 Å². The number of likely N-dealkylation sites (N-methyl/N-ethyl adjacent to an activating group) is 1. The van der Waals surface area contributed by atoms with Gasteiger partial charge in [-0.1, -0.05) is 50.5 Å². The summed E-state index contributed by atoms with van der Waals surface area (Å²) in [5.41, 5.74) is 2.35. The van der Waals surface area contributed by atoms with Crippen LogP contribution in [0.4, 0.5) is 0 Å². The number of benzene rings is 1. The molecule has 1 heterocycles. The van der Waals surface area contributed by atoms with Gasteiger partial charge in [0, 0.05) is 23.5 Å². The number of nitrogens with zero attached hydrogens (tertiary/aromatic N) is 1. The Morgan fingerprint density at radius 3 is 2.71 bits per heavy atom. The van der Waals surface area contributed by atoms with E-state index >= 15 is 0 Å². The van der Waals surface area contributed by atoms with Crippen LogP contribution in [0.5, 0.6) is 0 Å². The second-order valence-corrected chi connectivity index (χ2v) is 6.26. The summed E-state index contributed by atoms with van der Waals surface area (Å²) in [6, 6.07) is 13.4. The van der Waals surface area contributed by atoms with Crippen LogP contribution in [0.2, 0.25) is 0 Å². The smallest absolute Gasteiger partial charge is 0.0705 e. The second kappa shape index (κ2) is 7.04. The summed E-state index contributed by atoms with van der Waals surface area (Å²) in [6.45, 7) is 3.26. The van der Waals surface area contributed by atoms with Gasteiger partial charge in [0.15, 0.2) is 0 Å². The molecule has 0 radical (unpaired) electrons. The van der Waals surface area contributed by atoms with Crippen molar-refractivity contribution in [1.82, 2.24) is 10.3 Å². The molecule has 0 bridgehead atoms. The van der Waals surface area contributed by atoms with Gasteiger partial charge in [-0.2, -0.15) is 0 Å². The maximum Gasteiger partial charge on any atom is 0.0705 e. The second-order valence-electron chi connectivity index (χ2n) is 6.26. The molecule has 2 aromatic rings. The van der Waals surface area contributed by atoms with E-state index in [1.807, 2.05) is 0 Å². The van der Waals surface area contributed by atoms with Crippen molar-refractivity contribution in [2.75, 3.05) is 6.54 Å². The van der Waals surface area contributed by atoms with Gasteiger partial charge < -0.3 is 5.32 Å². The molecular weight excluding hydrogens is 256 g/mol. The van der Waals surface area contributed by atoms with Crippen LogP contribution in [0.1, 0.15) is 44.7 Å². The molecule has 2 nitrogen and oxygen atoms in total. The fourth-order valence-corrected chi connectivity index (χ4v) is 3.65. The summed E-state index contributed by atoms with van der Waals surface area (Å²) in [4.78, 5) is 4.85. The van der Waals surface area contributed by atoms with Crippen LogP contribution in [-0.2, 0) is 6.42 Å². The zero-order valence-corrected chi connectivity index (χ0v) is 13.0. The molecule has 21 heavy (non-hydrogen) atoms. The normalized spacial score (nSPS) is 18.0. The Morgan fingerprint density at radius 1 is 1.10 bits per heavy atom. The van der Waals surface area contributed by atoms with Crippen LogP contribution in [0.25, 0.3) is 10.9 Å². The Kier molecular flexibility index (Phi) is 4.87. The predicted molar refractivity (Wildman–Crippen MR) is 89.5 cm³/mol. The number of aromatic nitrogens is 1. The minimum Gasteiger partial charge on any atom is -0.314 e. The Bertz CT molecular complexity index is 573. The summed E-state index contributed by atoms with van der Waals surface area (Å²) in [5, 5.41) is 4.94. The van der Waals surface area contributed by atoms with Gasteiger partial charge in [-0.15, -0.1) is 0 Å². The number of fused-ring (bicyclic) bond motifs is 1. The summed E-state index contributed by atoms with van der Waals surface area (Å²) >= 11 is 0. The van der Waals surface area contributed by atoms with E-state index in [2.05, 4.69) is 48.6 Å². The van der Waals surface area contributed by atoms with Crippen molar-refractivity contribution in [3.63, 3.8) is 0 Å². The van der Waals surface area contributed by atoms with Gasteiger partial charge in [-0.05, 0) is 37.4 Å². The van der Waals surface area contributed by atoms with Crippen molar-refractivity contribution in [3.05, 3.63) is 42.1 Å². The summed E-state index contributed by atoms with van der Waals surface area (Å²) in [6.07, 6.45) is 8.04. The summed E-state index contributed by atoms with van der Waals surface area (Å²) in [7, 11) is 0. The van der Waals surface area contributed by atoms with Crippen molar-refractivity contribution in [1.29, 1.82) is 0 Å². The topological polar surface area (TPSA) is 24.9 Å². The molecule has 1 N–H and O–H groups in total. The molecule has 0 saturated heterocycles. The van der Waals surface area contributed by atoms with Crippen LogP contribution in [-0.4, -0.2) is 17.6 Å². The van der Waals surface area contributed by atoms with Crippen molar-refractivity contribution < 1.29 is 0 Å². The van der Waals surface area contributed by atoms with Crippen LogP contribution in [0.3, 0.4) is 0 Å². The molecular formula is C19H26N2. The number of pyridine rings is 1. The van der Waals surface area contributed by atoms with E-state index < -0.39 is 0 Å². The highest BCUT2D eigenvalue weighted by Crippen LogP contribution is 2.28. The molecule has 0 aliphatic heterocycles. The van der Waals surface area contributed by atoms with Crippen LogP contribution in [0, 0.1) is 5.92 Å². The van der Waals surface area contributed by atoms with Gasteiger partial charge in [-0.3, -0.25) is 4.98 Å². The van der Waals surface area contributed by atoms with Gasteiger partial charge in [0.1, 0.15) is 0 Å². The standard InChI is InChI=1S/C19H26N2/c1-2-20-19(15-8-4-3-5-9-15)14-17-13-12-16-10-6-7-11-18(16)21-17/h6-7,10-13,15,19-20H,2-5,8-9,14H2,1H3. The number of hydrogen-bond donors (Lipinski definition) is 1. The predicted octanol–water partition coefficient (Wildman–Crippen LogP) is 4.34. The molecule has 1 saturated carbocycles. The molecule has 1 fully saturated rings. The maximum atomic E-state index is 4.85. The molecule has 1 atom stereocenters. The fourth-order valence-electron chi connectivity index (χ4n) is 3.65. The average molecular weight is 282 g/mol. The van der Waals surface area contributed by atoms with E-state index in [0.717, 1.165) is 24.4 Å². The minimum absolute atomic E-state index is 0.587. The first kappa shape index (κ1) is 14.5. The minimum atomic E-state index is 0.587. The highest BCUT2D eigenvalue weighted by molar-refractivity contribution is 5.78. The van der Waals surface area contributed by atoms with E-state index in [-0.39, 0.29) is 0 Å². The summed E-state index contributed by atoms with van der Waals surface area (Å²) in [5.74, 6) is 0.826. The Hall–Kier alpha value is -1.41. The quantitative estimate of drug-likeness (QED) is 0.882. The number of rotatable bonds is 5. The molecule has 1 aromatic carbocycles. The molecule has 0 spiro atoms. The number of para-hydroxylation sites is 1. The highest BCUT2D eigenvalue weighted by Gasteiger charge is 2.23. The molecule has 1 aliphatic carbocycles. The SMILES string of the molecule is CCNC(Cc1ccc2ccccc2n1)C1CCCCC1. The molecule has 112 valence electrons. The van der Waals surface area contributed by atoms with Gasteiger partial charge in [-0.25, -0.2) is 0 Å². The number of nitrogens with one attached hydrogen (secondary N) is 1. The molecule has 1 aromatic heterocycles. The molecule has 1 unspecified atom stereocenters. The summed E-state index contributed by atoms with van der Waals surface area (Å²) < 4.78 is 0. The third-order valence-corrected chi connectivity index (χ3v) is 4.77. The lowest BCUT2D eigenvalue weighted by molar-refractivity contribution is 0.268. The molecule has 3 rings (SSSR count). The van der Waals surface area contributed by atoms with Gasteiger partial charge in [0.2, 0.25) is 0 Å². The average Bonchev–Trinajstić information content (AvgIpc) is 2.55.